The van der Waals surface area contributed by atoms with Gasteiger partial charge in [0, 0.05) is 0 Å². The number of hydrogen-bond acceptors (Lipinski definition) is 2. The van der Waals surface area contributed by atoms with Crippen molar-refractivity contribution in [2.75, 3.05) is 13.3 Å². The van der Waals surface area contributed by atoms with Crippen molar-refractivity contribution in [1.29, 1.82) is 0 Å². The Morgan fingerprint density at radius 1 is 0.920 bits per heavy atom. The molecule has 0 amide bonds. The summed E-state index contributed by atoms with van der Waals surface area (Å²) in [6, 6.07) is 21.6. The van der Waals surface area contributed by atoms with Crippen molar-refractivity contribution in [2.45, 2.75) is 46.1 Å². The largest absolute Gasteiger partial charge is 0.395 e. The number of nitrogens with one attached hydrogen (secondary N) is 1. The number of rotatable bonds is 8. The van der Waals surface area contributed by atoms with Crippen molar-refractivity contribution in [3.63, 3.8) is 0 Å². The molecule has 0 fully saturated rings. The lowest BCUT2D eigenvalue weighted by molar-refractivity contribution is 0.257. The Balaban J connectivity index is 2.39. The van der Waals surface area contributed by atoms with E-state index in [1.165, 1.54) is 16.8 Å². The van der Waals surface area contributed by atoms with Gasteiger partial charge in [-0.1, -0.05) is 102 Å². The zero-order valence-corrected chi connectivity index (χ0v) is 17.4. The molecule has 2 aromatic rings. The van der Waals surface area contributed by atoms with E-state index in [2.05, 4.69) is 101 Å². The SMILES string of the molecule is CCC(C)CNCO[Si](c1ccccc1)(c1ccccc1)C(C)(C)C. The summed E-state index contributed by atoms with van der Waals surface area (Å²) in [4.78, 5) is 0. The number of hydrogen-bond donors (Lipinski definition) is 1. The van der Waals surface area contributed by atoms with Crippen LogP contribution in [-0.2, 0) is 4.43 Å². The zero-order chi connectivity index (χ0) is 18.3. The molecule has 25 heavy (non-hydrogen) atoms. The lowest BCUT2D eigenvalue weighted by atomic mass is 10.1. The Morgan fingerprint density at radius 3 is 1.80 bits per heavy atom. The first-order valence-electron chi connectivity index (χ1n) is 9.37. The van der Waals surface area contributed by atoms with Crippen molar-refractivity contribution >= 4 is 18.7 Å². The maximum absolute atomic E-state index is 6.79. The van der Waals surface area contributed by atoms with Crippen LogP contribution < -0.4 is 15.7 Å². The predicted octanol–water partition coefficient (Wildman–Crippen LogP) is 4.16. The van der Waals surface area contributed by atoms with Crippen molar-refractivity contribution in [3.8, 4) is 0 Å². The molecule has 0 saturated heterocycles. The molecule has 0 heterocycles. The Morgan fingerprint density at radius 2 is 1.40 bits per heavy atom. The standard InChI is InChI=1S/C22H33NOSi/c1-6-19(2)17-23-18-24-25(22(3,4)5,20-13-9-7-10-14-20)21-15-11-8-12-16-21/h7-16,19,23H,6,17-18H2,1-5H3. The van der Waals surface area contributed by atoms with Crippen molar-refractivity contribution < 1.29 is 4.43 Å². The summed E-state index contributed by atoms with van der Waals surface area (Å²) >= 11 is 0. The quantitative estimate of drug-likeness (QED) is 0.436. The van der Waals surface area contributed by atoms with Crippen LogP contribution in [-0.4, -0.2) is 21.6 Å². The molecule has 1 unspecified atom stereocenters. The second kappa shape index (κ2) is 8.79. The molecule has 0 radical (unpaired) electrons. The van der Waals surface area contributed by atoms with Gasteiger partial charge in [-0.3, -0.25) is 5.32 Å². The highest BCUT2D eigenvalue weighted by molar-refractivity contribution is 6.99. The van der Waals surface area contributed by atoms with E-state index < -0.39 is 8.32 Å². The highest BCUT2D eigenvalue weighted by atomic mass is 28.4. The second-order valence-corrected chi connectivity index (χ2v) is 12.2. The molecule has 0 bridgehead atoms. The minimum Gasteiger partial charge on any atom is -0.395 e. The highest BCUT2D eigenvalue weighted by Crippen LogP contribution is 2.36. The van der Waals surface area contributed by atoms with Gasteiger partial charge in [-0.05, 0) is 27.9 Å². The van der Waals surface area contributed by atoms with Gasteiger partial charge in [-0.2, -0.15) is 0 Å². The highest BCUT2D eigenvalue weighted by Gasteiger charge is 2.50. The normalized spacial score (nSPS) is 13.6. The first-order chi connectivity index (χ1) is 11.9. The fourth-order valence-corrected chi connectivity index (χ4v) is 7.84. The van der Waals surface area contributed by atoms with Gasteiger partial charge in [-0.25, -0.2) is 0 Å². The average molecular weight is 356 g/mol. The van der Waals surface area contributed by atoms with E-state index in [0.717, 1.165) is 6.54 Å². The summed E-state index contributed by atoms with van der Waals surface area (Å²) in [7, 11) is -2.39. The van der Waals surface area contributed by atoms with Gasteiger partial charge in [0.15, 0.2) is 0 Å². The van der Waals surface area contributed by atoms with E-state index in [0.29, 0.717) is 12.6 Å². The molecular weight excluding hydrogens is 322 g/mol. The fraction of sp³-hybridized carbons (Fsp3) is 0.455. The van der Waals surface area contributed by atoms with E-state index in [1.807, 2.05) is 0 Å². The molecule has 0 aliphatic heterocycles. The molecule has 0 aromatic heterocycles. The summed E-state index contributed by atoms with van der Waals surface area (Å²) in [5, 5.41) is 6.22. The van der Waals surface area contributed by atoms with Crippen LogP contribution >= 0.6 is 0 Å². The molecule has 2 aromatic carbocycles. The van der Waals surface area contributed by atoms with Gasteiger partial charge in [0.05, 0.1) is 6.73 Å². The molecule has 0 aliphatic rings. The predicted molar refractivity (Wildman–Crippen MR) is 111 cm³/mol. The van der Waals surface area contributed by atoms with Gasteiger partial charge in [-0.15, -0.1) is 0 Å². The van der Waals surface area contributed by atoms with Gasteiger partial charge < -0.3 is 4.43 Å². The first-order valence-corrected chi connectivity index (χ1v) is 11.3. The Kier molecular flexibility index (Phi) is 7.00. The molecular formula is C22H33NOSi. The third kappa shape index (κ3) is 4.60. The molecule has 3 heteroatoms. The first kappa shape index (κ1) is 19.9. The summed E-state index contributed by atoms with van der Waals surface area (Å²) in [5.74, 6) is 0.669. The molecule has 0 aliphatic carbocycles. The van der Waals surface area contributed by atoms with Crippen LogP contribution in [0, 0.1) is 5.92 Å². The lowest BCUT2D eigenvalue weighted by Crippen LogP contribution is -2.67. The van der Waals surface area contributed by atoms with Crippen LogP contribution in [0.1, 0.15) is 41.0 Å². The lowest BCUT2D eigenvalue weighted by Gasteiger charge is -2.43. The smallest absolute Gasteiger partial charge is 0.262 e. The number of benzene rings is 2. The van der Waals surface area contributed by atoms with Gasteiger partial charge in [0.1, 0.15) is 0 Å². The van der Waals surface area contributed by atoms with E-state index in [9.17, 15) is 0 Å². The van der Waals surface area contributed by atoms with Crippen LogP contribution in [0.3, 0.4) is 0 Å². The van der Waals surface area contributed by atoms with Crippen LogP contribution in [0.4, 0.5) is 0 Å². The van der Waals surface area contributed by atoms with E-state index in [4.69, 9.17) is 4.43 Å². The Hall–Kier alpha value is -1.42. The maximum Gasteiger partial charge on any atom is 0.262 e. The second-order valence-electron chi connectivity index (χ2n) is 7.92. The van der Waals surface area contributed by atoms with Gasteiger partial charge in [0.25, 0.3) is 8.32 Å². The van der Waals surface area contributed by atoms with Crippen LogP contribution in [0.15, 0.2) is 60.7 Å². The monoisotopic (exact) mass is 355 g/mol. The zero-order valence-electron chi connectivity index (χ0n) is 16.4. The fourth-order valence-electron chi connectivity index (χ4n) is 3.37. The summed E-state index contributed by atoms with van der Waals surface area (Å²) in [6.07, 6.45) is 1.19. The van der Waals surface area contributed by atoms with Gasteiger partial charge >= 0.3 is 0 Å². The van der Waals surface area contributed by atoms with E-state index >= 15 is 0 Å². The Labute approximate surface area is 154 Å². The maximum atomic E-state index is 6.79. The van der Waals surface area contributed by atoms with Crippen molar-refractivity contribution in [3.05, 3.63) is 60.7 Å². The third-order valence-electron chi connectivity index (χ3n) is 5.00. The van der Waals surface area contributed by atoms with Crippen LogP contribution in [0.2, 0.25) is 5.04 Å². The molecule has 1 atom stereocenters. The van der Waals surface area contributed by atoms with Gasteiger partial charge in [0.2, 0.25) is 0 Å². The van der Waals surface area contributed by atoms with Crippen LogP contribution in [0.25, 0.3) is 0 Å². The van der Waals surface area contributed by atoms with E-state index in [1.54, 1.807) is 0 Å². The topological polar surface area (TPSA) is 21.3 Å². The van der Waals surface area contributed by atoms with Crippen molar-refractivity contribution in [2.24, 2.45) is 5.92 Å². The molecule has 2 nitrogen and oxygen atoms in total. The molecule has 2 rings (SSSR count). The van der Waals surface area contributed by atoms with Crippen LogP contribution in [0.5, 0.6) is 0 Å². The Bertz CT molecular complexity index is 582. The average Bonchev–Trinajstić information content (AvgIpc) is 2.62. The molecule has 136 valence electrons. The van der Waals surface area contributed by atoms with Crippen molar-refractivity contribution in [1.82, 2.24) is 5.32 Å². The molecule has 1 N–H and O–H groups in total. The molecule has 0 spiro atoms. The third-order valence-corrected chi connectivity index (χ3v) is 9.98. The summed E-state index contributed by atoms with van der Waals surface area (Å²) in [5.41, 5.74) is 0. The summed E-state index contributed by atoms with van der Waals surface area (Å²) < 4.78 is 6.79. The summed E-state index contributed by atoms with van der Waals surface area (Å²) in [6.45, 7) is 13.0. The minimum atomic E-state index is -2.39. The molecule has 0 saturated carbocycles. The van der Waals surface area contributed by atoms with E-state index in [-0.39, 0.29) is 5.04 Å². The minimum absolute atomic E-state index is 0.0355.